The van der Waals surface area contributed by atoms with Crippen LogP contribution in [0.3, 0.4) is 0 Å². The number of anilines is 3. The molecule has 0 aliphatic heterocycles. The number of para-hydroxylation sites is 3. The van der Waals surface area contributed by atoms with E-state index in [0.717, 1.165) is 17.1 Å². The molecule has 0 bridgehead atoms. The van der Waals surface area contributed by atoms with Crippen molar-refractivity contribution in [1.29, 1.82) is 0 Å². The van der Waals surface area contributed by atoms with Crippen LogP contribution in [0.4, 0.5) is 17.1 Å². The summed E-state index contributed by atoms with van der Waals surface area (Å²) >= 11 is 0. The van der Waals surface area contributed by atoms with Gasteiger partial charge in [-0.15, -0.1) is 0 Å². The average molecular weight is 719 g/mol. The van der Waals surface area contributed by atoms with Crippen molar-refractivity contribution >= 4 is 38.9 Å². The molecule has 2 nitrogen and oxygen atoms in total. The van der Waals surface area contributed by atoms with E-state index in [1.54, 1.807) is 0 Å². The molecule has 0 saturated heterocycles. The molecule has 9 aromatic rings. The fraction of sp³-hybridized carbons (Fsp3) is 0.111. The minimum absolute atomic E-state index is 0.0820. The average Bonchev–Trinajstić information content (AvgIpc) is 3.79. The summed E-state index contributed by atoms with van der Waals surface area (Å²) in [5.41, 5.74) is 20.3. The Kier molecular flexibility index (Phi) is 6.98. The molecule has 0 amide bonds. The minimum Gasteiger partial charge on any atom is -0.311 e. The van der Waals surface area contributed by atoms with E-state index >= 15 is 0 Å². The van der Waals surface area contributed by atoms with Crippen LogP contribution in [0.5, 0.6) is 0 Å². The van der Waals surface area contributed by atoms with E-state index in [4.69, 9.17) is 0 Å². The van der Waals surface area contributed by atoms with Gasteiger partial charge in [-0.1, -0.05) is 143 Å². The van der Waals surface area contributed by atoms with Gasteiger partial charge in [0.25, 0.3) is 0 Å². The summed E-state index contributed by atoms with van der Waals surface area (Å²) in [6.45, 7) is 9.64. The van der Waals surface area contributed by atoms with Gasteiger partial charge in [-0.05, 0) is 122 Å². The zero-order valence-electron chi connectivity index (χ0n) is 32.2. The second-order valence-corrected chi connectivity index (χ2v) is 16.5. The van der Waals surface area contributed by atoms with Crippen molar-refractivity contribution in [2.45, 2.75) is 38.5 Å². The topological polar surface area (TPSA) is 8.17 Å². The Morgan fingerprint density at radius 1 is 0.393 bits per heavy atom. The first-order chi connectivity index (χ1) is 27.3. The Morgan fingerprint density at radius 2 is 0.929 bits per heavy atom. The van der Waals surface area contributed by atoms with Gasteiger partial charge in [0.1, 0.15) is 0 Å². The third kappa shape index (κ3) is 4.56. The second kappa shape index (κ2) is 11.9. The molecule has 8 aromatic carbocycles. The van der Waals surface area contributed by atoms with Gasteiger partial charge in [-0.3, -0.25) is 0 Å². The van der Waals surface area contributed by atoms with Crippen LogP contribution in [0, 0.1) is 0 Å². The Hall–Kier alpha value is -6.64. The first kappa shape index (κ1) is 32.8. The second-order valence-electron chi connectivity index (χ2n) is 16.5. The Labute approximate surface area is 328 Å². The van der Waals surface area contributed by atoms with Crippen LogP contribution in [0.1, 0.15) is 49.9 Å². The van der Waals surface area contributed by atoms with E-state index in [0.29, 0.717) is 0 Å². The van der Waals surface area contributed by atoms with Crippen LogP contribution in [-0.4, -0.2) is 4.57 Å². The predicted molar refractivity (Wildman–Crippen MR) is 236 cm³/mol. The van der Waals surface area contributed by atoms with Gasteiger partial charge in [0.05, 0.1) is 11.0 Å². The molecular weight excluding hydrogens is 677 g/mol. The maximum atomic E-state index is 2.50. The molecule has 0 unspecified atom stereocenters. The lowest BCUT2D eigenvalue weighted by atomic mass is 9.79. The Morgan fingerprint density at radius 3 is 1.62 bits per heavy atom. The summed E-state index contributed by atoms with van der Waals surface area (Å²) in [4.78, 5) is 2.32. The SMILES string of the molecule is CC1(C)c2ccccc2-c2c1ccc1c2c2c3c(ccc2n1-c1ccccc1)-c1cc(-c2ccc(N(c4ccccc4)c4ccccc4)cc2)ccc1C3(C)C. The summed E-state index contributed by atoms with van der Waals surface area (Å²) in [7, 11) is 0. The highest BCUT2D eigenvalue weighted by atomic mass is 15.1. The van der Waals surface area contributed by atoms with E-state index in [2.05, 4.69) is 219 Å². The quantitative estimate of drug-likeness (QED) is 0.172. The molecule has 0 atom stereocenters. The van der Waals surface area contributed by atoms with Gasteiger partial charge in [0.15, 0.2) is 0 Å². The van der Waals surface area contributed by atoms with Gasteiger partial charge >= 0.3 is 0 Å². The van der Waals surface area contributed by atoms with E-state index in [1.807, 2.05) is 0 Å². The van der Waals surface area contributed by atoms with Gasteiger partial charge in [-0.25, -0.2) is 0 Å². The lowest BCUT2D eigenvalue weighted by Gasteiger charge is -2.25. The zero-order chi connectivity index (χ0) is 37.8. The van der Waals surface area contributed by atoms with E-state index in [9.17, 15) is 0 Å². The van der Waals surface area contributed by atoms with Crippen molar-refractivity contribution < 1.29 is 0 Å². The molecule has 1 aromatic heterocycles. The molecule has 2 aliphatic carbocycles. The predicted octanol–water partition coefficient (Wildman–Crippen LogP) is 14.5. The third-order valence-corrected chi connectivity index (χ3v) is 12.8. The number of fused-ring (bicyclic) bond motifs is 11. The lowest BCUT2D eigenvalue weighted by molar-refractivity contribution is 0.661. The molecule has 11 rings (SSSR count). The summed E-state index contributed by atoms with van der Waals surface area (Å²) in [6, 6.07) is 67.0. The van der Waals surface area contributed by atoms with E-state index in [1.165, 1.54) is 83.1 Å². The molecule has 1 heterocycles. The summed E-state index contributed by atoms with van der Waals surface area (Å²) in [5.74, 6) is 0. The maximum absolute atomic E-state index is 2.50. The smallest absolute Gasteiger partial charge is 0.0547 e. The zero-order valence-corrected chi connectivity index (χ0v) is 32.2. The maximum Gasteiger partial charge on any atom is 0.0547 e. The van der Waals surface area contributed by atoms with Crippen LogP contribution in [0.2, 0.25) is 0 Å². The number of benzene rings is 8. The molecule has 2 aliphatic rings. The summed E-state index contributed by atoms with van der Waals surface area (Å²) in [6.07, 6.45) is 0. The van der Waals surface area contributed by atoms with Crippen molar-refractivity contribution in [3.8, 4) is 39.1 Å². The van der Waals surface area contributed by atoms with Gasteiger partial charge in [0, 0.05) is 44.4 Å². The Bertz CT molecular complexity index is 2950. The monoisotopic (exact) mass is 718 g/mol. The normalized spacial score (nSPS) is 14.4. The van der Waals surface area contributed by atoms with E-state index in [-0.39, 0.29) is 10.8 Å². The molecule has 56 heavy (non-hydrogen) atoms. The largest absolute Gasteiger partial charge is 0.311 e. The van der Waals surface area contributed by atoms with Crippen molar-refractivity contribution in [1.82, 2.24) is 4.57 Å². The van der Waals surface area contributed by atoms with Crippen LogP contribution < -0.4 is 4.90 Å². The minimum atomic E-state index is -0.204. The molecule has 0 fully saturated rings. The lowest BCUT2D eigenvalue weighted by Crippen LogP contribution is -2.15. The highest BCUT2D eigenvalue weighted by molar-refractivity contribution is 6.21. The number of nitrogens with zero attached hydrogens (tertiary/aromatic N) is 2. The molecule has 268 valence electrons. The van der Waals surface area contributed by atoms with Crippen molar-refractivity contribution in [2.75, 3.05) is 4.90 Å². The molecule has 0 spiro atoms. The van der Waals surface area contributed by atoms with E-state index < -0.39 is 0 Å². The van der Waals surface area contributed by atoms with Crippen molar-refractivity contribution in [2.24, 2.45) is 0 Å². The Balaban J connectivity index is 1.11. The molecule has 0 saturated carbocycles. The number of hydrogen-bond donors (Lipinski definition) is 0. The number of rotatable bonds is 5. The summed E-state index contributed by atoms with van der Waals surface area (Å²) in [5, 5.41) is 2.74. The standard InChI is InChI=1S/C54H42N2/c1-53(2)44-23-15-14-22-42(44)49-46(53)31-33-47-50(49)51-48(56(47)39-20-12-7-13-21-39)32-29-41-43-34-36(26-30-45(43)54(3,4)52(41)51)35-24-27-40(28-25-35)55(37-16-8-5-9-17-37)38-18-10-6-11-19-38/h5-34H,1-4H3. The fourth-order valence-corrected chi connectivity index (χ4v) is 10.1. The van der Waals surface area contributed by atoms with Crippen LogP contribution in [0.25, 0.3) is 60.9 Å². The van der Waals surface area contributed by atoms with Crippen molar-refractivity contribution in [3.63, 3.8) is 0 Å². The first-order valence-corrected chi connectivity index (χ1v) is 19.8. The number of aromatic nitrogens is 1. The fourth-order valence-electron chi connectivity index (χ4n) is 10.1. The summed E-state index contributed by atoms with van der Waals surface area (Å²) < 4.78 is 2.50. The van der Waals surface area contributed by atoms with Crippen LogP contribution in [-0.2, 0) is 10.8 Å². The van der Waals surface area contributed by atoms with Gasteiger partial charge in [0.2, 0.25) is 0 Å². The molecule has 2 heteroatoms. The van der Waals surface area contributed by atoms with Gasteiger partial charge in [-0.2, -0.15) is 0 Å². The molecular formula is C54H42N2. The van der Waals surface area contributed by atoms with Gasteiger partial charge < -0.3 is 9.47 Å². The molecule has 0 N–H and O–H groups in total. The first-order valence-electron chi connectivity index (χ1n) is 19.8. The van der Waals surface area contributed by atoms with Crippen LogP contribution in [0.15, 0.2) is 182 Å². The number of hydrogen-bond acceptors (Lipinski definition) is 1. The highest BCUT2D eigenvalue weighted by Crippen LogP contribution is 2.58. The molecule has 0 radical (unpaired) electrons. The third-order valence-electron chi connectivity index (χ3n) is 12.8. The highest BCUT2D eigenvalue weighted by Gasteiger charge is 2.41. The van der Waals surface area contributed by atoms with Crippen LogP contribution >= 0.6 is 0 Å². The van der Waals surface area contributed by atoms with Crippen molar-refractivity contribution in [3.05, 3.63) is 204 Å².